The van der Waals surface area contributed by atoms with Crippen molar-refractivity contribution < 1.29 is 14.1 Å². The molecular formula is C20H23N5O3. The van der Waals surface area contributed by atoms with Gasteiger partial charge < -0.3 is 19.1 Å². The second-order valence-corrected chi connectivity index (χ2v) is 7.15. The zero-order chi connectivity index (χ0) is 19.5. The van der Waals surface area contributed by atoms with Crippen molar-refractivity contribution in [2.45, 2.75) is 25.4 Å². The molecule has 4 rings (SSSR count). The maximum atomic E-state index is 12.8. The highest BCUT2D eigenvalue weighted by molar-refractivity contribution is 5.86. The third kappa shape index (κ3) is 3.90. The molecule has 0 spiro atoms. The van der Waals surface area contributed by atoms with Crippen molar-refractivity contribution >= 4 is 22.7 Å². The van der Waals surface area contributed by atoms with Crippen LogP contribution in [0.5, 0.6) is 5.88 Å². The molecule has 1 unspecified atom stereocenters. The predicted molar refractivity (Wildman–Crippen MR) is 104 cm³/mol. The highest BCUT2D eigenvalue weighted by Gasteiger charge is 2.26. The number of para-hydroxylation sites is 1. The summed E-state index contributed by atoms with van der Waals surface area (Å²) in [5.74, 6) is 1.28. The second kappa shape index (κ2) is 7.84. The lowest BCUT2D eigenvalue weighted by atomic mass is 10.1. The van der Waals surface area contributed by atoms with Gasteiger partial charge in [0.1, 0.15) is 11.8 Å². The molecule has 8 nitrogen and oxygen atoms in total. The number of carbonyl (C=O) groups excluding carboxylic acids is 1. The summed E-state index contributed by atoms with van der Waals surface area (Å²) >= 11 is 0. The molecule has 1 aromatic carbocycles. The van der Waals surface area contributed by atoms with Crippen LogP contribution in [0.2, 0.25) is 0 Å². The molecule has 1 saturated heterocycles. The van der Waals surface area contributed by atoms with Gasteiger partial charge in [0, 0.05) is 32.1 Å². The summed E-state index contributed by atoms with van der Waals surface area (Å²) < 4.78 is 11.3. The lowest BCUT2D eigenvalue weighted by Gasteiger charge is -2.32. The molecular weight excluding hydrogens is 358 g/mol. The Morgan fingerprint density at radius 2 is 2.11 bits per heavy atom. The Labute approximate surface area is 163 Å². The standard InChI is InChI=1S/C20H23N5O3/c1-24(2)18-9-10-19(22-21-18)27-14-6-5-11-25(13-14)20(26)12-16-15-7-3-4-8-17(15)28-23-16/h3-4,7-10,14H,5-6,11-13H2,1-2H3. The van der Waals surface area contributed by atoms with Crippen molar-refractivity contribution in [3.05, 3.63) is 42.1 Å². The van der Waals surface area contributed by atoms with Crippen LogP contribution in [0, 0.1) is 0 Å². The molecule has 0 saturated carbocycles. The Morgan fingerprint density at radius 3 is 2.89 bits per heavy atom. The van der Waals surface area contributed by atoms with Crippen LogP contribution in [0.15, 0.2) is 40.9 Å². The number of carbonyl (C=O) groups is 1. The fourth-order valence-electron chi connectivity index (χ4n) is 3.37. The van der Waals surface area contributed by atoms with E-state index in [0.29, 0.717) is 23.7 Å². The first-order valence-electron chi connectivity index (χ1n) is 9.39. The summed E-state index contributed by atoms with van der Waals surface area (Å²) in [6.45, 7) is 1.26. The Morgan fingerprint density at radius 1 is 1.25 bits per heavy atom. The topological polar surface area (TPSA) is 84.6 Å². The van der Waals surface area contributed by atoms with Gasteiger partial charge in [-0.3, -0.25) is 4.79 Å². The SMILES string of the molecule is CN(C)c1ccc(OC2CCCN(C(=O)Cc3noc4ccccc34)C2)nn1. The minimum absolute atomic E-state index is 0.0291. The van der Waals surface area contributed by atoms with Crippen LogP contribution in [0.25, 0.3) is 11.0 Å². The number of ether oxygens (including phenoxy) is 1. The number of rotatable bonds is 5. The van der Waals surface area contributed by atoms with Crippen LogP contribution in [-0.2, 0) is 11.2 Å². The van der Waals surface area contributed by atoms with Crippen LogP contribution in [-0.4, -0.2) is 59.4 Å². The van der Waals surface area contributed by atoms with E-state index in [1.54, 1.807) is 0 Å². The minimum atomic E-state index is -0.0914. The van der Waals surface area contributed by atoms with E-state index in [1.165, 1.54) is 0 Å². The Balaban J connectivity index is 1.38. The molecule has 0 bridgehead atoms. The number of likely N-dealkylation sites (tertiary alicyclic amines) is 1. The normalized spacial score (nSPS) is 16.9. The fourth-order valence-corrected chi connectivity index (χ4v) is 3.37. The summed E-state index contributed by atoms with van der Waals surface area (Å²) in [6, 6.07) is 11.3. The quantitative estimate of drug-likeness (QED) is 0.670. The highest BCUT2D eigenvalue weighted by Crippen LogP contribution is 2.21. The molecule has 3 heterocycles. The first-order valence-corrected chi connectivity index (χ1v) is 9.39. The zero-order valence-electron chi connectivity index (χ0n) is 16.0. The van der Waals surface area contributed by atoms with E-state index >= 15 is 0 Å². The van der Waals surface area contributed by atoms with E-state index in [4.69, 9.17) is 9.26 Å². The lowest BCUT2D eigenvalue weighted by Crippen LogP contribution is -2.45. The van der Waals surface area contributed by atoms with E-state index < -0.39 is 0 Å². The van der Waals surface area contributed by atoms with Crippen molar-refractivity contribution in [2.75, 3.05) is 32.1 Å². The van der Waals surface area contributed by atoms with E-state index in [9.17, 15) is 4.79 Å². The summed E-state index contributed by atoms with van der Waals surface area (Å²) in [5, 5.41) is 13.2. The number of benzene rings is 1. The number of hydrogen-bond donors (Lipinski definition) is 0. The van der Waals surface area contributed by atoms with Crippen LogP contribution in [0.3, 0.4) is 0 Å². The van der Waals surface area contributed by atoms with Gasteiger partial charge in [0.05, 0.1) is 13.0 Å². The van der Waals surface area contributed by atoms with Crippen molar-refractivity contribution in [1.82, 2.24) is 20.3 Å². The summed E-state index contributed by atoms with van der Waals surface area (Å²) in [6.07, 6.45) is 1.90. The van der Waals surface area contributed by atoms with Gasteiger partial charge in [0.25, 0.3) is 0 Å². The van der Waals surface area contributed by atoms with Gasteiger partial charge in [-0.1, -0.05) is 17.3 Å². The molecule has 8 heteroatoms. The average Bonchev–Trinajstić information content (AvgIpc) is 3.11. The zero-order valence-corrected chi connectivity index (χ0v) is 16.0. The molecule has 0 aliphatic carbocycles. The van der Waals surface area contributed by atoms with E-state index in [-0.39, 0.29) is 18.4 Å². The van der Waals surface area contributed by atoms with Crippen molar-refractivity contribution in [2.24, 2.45) is 0 Å². The summed E-state index contributed by atoms with van der Waals surface area (Å²) in [7, 11) is 3.82. The van der Waals surface area contributed by atoms with Crippen molar-refractivity contribution in [1.29, 1.82) is 0 Å². The molecule has 3 aromatic rings. The van der Waals surface area contributed by atoms with Crippen LogP contribution in [0.4, 0.5) is 5.82 Å². The molecule has 0 radical (unpaired) electrons. The van der Waals surface area contributed by atoms with Crippen molar-refractivity contribution in [3.8, 4) is 5.88 Å². The first kappa shape index (κ1) is 18.2. The molecule has 0 N–H and O–H groups in total. The van der Waals surface area contributed by atoms with Gasteiger partial charge in [-0.25, -0.2) is 0 Å². The molecule has 146 valence electrons. The maximum Gasteiger partial charge on any atom is 0.233 e. The van der Waals surface area contributed by atoms with Gasteiger partial charge in [-0.2, -0.15) is 0 Å². The van der Waals surface area contributed by atoms with Crippen molar-refractivity contribution in [3.63, 3.8) is 0 Å². The van der Waals surface area contributed by atoms with Crippen LogP contribution >= 0.6 is 0 Å². The third-order valence-electron chi connectivity index (χ3n) is 4.87. The average molecular weight is 381 g/mol. The Kier molecular flexibility index (Phi) is 5.10. The minimum Gasteiger partial charge on any atom is -0.471 e. The lowest BCUT2D eigenvalue weighted by molar-refractivity contribution is -0.133. The highest BCUT2D eigenvalue weighted by atomic mass is 16.5. The van der Waals surface area contributed by atoms with Crippen LogP contribution < -0.4 is 9.64 Å². The van der Waals surface area contributed by atoms with E-state index in [0.717, 1.165) is 30.6 Å². The largest absolute Gasteiger partial charge is 0.471 e. The maximum absolute atomic E-state index is 12.8. The van der Waals surface area contributed by atoms with Gasteiger partial charge in [0.2, 0.25) is 11.8 Å². The fraction of sp³-hybridized carbons (Fsp3) is 0.400. The number of hydrogen-bond acceptors (Lipinski definition) is 7. The third-order valence-corrected chi connectivity index (χ3v) is 4.87. The molecule has 2 aromatic heterocycles. The van der Waals surface area contributed by atoms with Crippen LogP contribution in [0.1, 0.15) is 18.5 Å². The predicted octanol–water partition coefficient (Wildman–Crippen LogP) is 2.30. The molecule has 1 atom stereocenters. The number of amides is 1. The van der Waals surface area contributed by atoms with Gasteiger partial charge in [-0.15, -0.1) is 10.2 Å². The summed E-state index contributed by atoms with van der Waals surface area (Å²) in [4.78, 5) is 16.5. The molecule has 1 amide bonds. The molecule has 1 aliphatic heterocycles. The van der Waals surface area contributed by atoms with Gasteiger partial charge >= 0.3 is 0 Å². The van der Waals surface area contributed by atoms with Gasteiger partial charge in [0.15, 0.2) is 11.4 Å². The smallest absolute Gasteiger partial charge is 0.233 e. The second-order valence-electron chi connectivity index (χ2n) is 7.15. The first-order chi connectivity index (χ1) is 13.6. The Hall–Kier alpha value is -3.16. The molecule has 28 heavy (non-hydrogen) atoms. The van der Waals surface area contributed by atoms with Gasteiger partial charge in [-0.05, 0) is 31.0 Å². The number of fused-ring (bicyclic) bond motifs is 1. The number of piperidine rings is 1. The number of anilines is 1. The monoisotopic (exact) mass is 381 g/mol. The summed E-state index contributed by atoms with van der Waals surface area (Å²) in [5.41, 5.74) is 1.37. The number of aromatic nitrogens is 3. The number of nitrogens with zero attached hydrogens (tertiary/aromatic N) is 5. The Bertz CT molecular complexity index is 954. The van der Waals surface area contributed by atoms with E-state index in [2.05, 4.69) is 15.4 Å². The molecule has 1 aliphatic rings. The van der Waals surface area contributed by atoms with E-state index in [1.807, 2.05) is 60.3 Å². The molecule has 1 fully saturated rings.